The summed E-state index contributed by atoms with van der Waals surface area (Å²) < 4.78 is 4.60. The lowest BCUT2D eigenvalue weighted by atomic mass is 10.0. The summed E-state index contributed by atoms with van der Waals surface area (Å²) in [4.78, 5) is 10.1. The van der Waals surface area contributed by atoms with Crippen LogP contribution in [0, 0.1) is 0 Å². The topological polar surface area (TPSA) is 87.0 Å². The molecule has 0 aromatic heterocycles. The van der Waals surface area contributed by atoms with Crippen molar-refractivity contribution in [1.29, 1.82) is 0 Å². The van der Waals surface area contributed by atoms with Gasteiger partial charge in [-0.3, -0.25) is 0 Å². The zero-order valence-electron chi connectivity index (χ0n) is 5.75. The number of carbonyl (C=O) groups excluding carboxylic acids is 1. The fourth-order valence-corrected chi connectivity index (χ4v) is 0.970. The second kappa shape index (κ2) is 3.27. The molecular weight excluding hydrogens is 152 g/mol. The molecule has 1 heterocycles. The molecule has 1 aliphatic heterocycles. The molecule has 1 fully saturated rings. The summed E-state index contributed by atoms with van der Waals surface area (Å²) >= 11 is 0. The van der Waals surface area contributed by atoms with Crippen molar-refractivity contribution in [3.05, 3.63) is 0 Å². The number of hydrogen-bond acceptors (Lipinski definition) is 5. The Morgan fingerprint density at radius 3 is 2.45 bits per heavy atom. The smallest absolute Gasteiger partial charge is 0.184 e. The highest BCUT2D eigenvalue weighted by Gasteiger charge is 2.35. The summed E-state index contributed by atoms with van der Waals surface area (Å²) in [5.74, 6) is 0. The van der Waals surface area contributed by atoms with Gasteiger partial charge in [0.1, 0.15) is 18.5 Å². The van der Waals surface area contributed by atoms with Crippen molar-refractivity contribution in [2.75, 3.05) is 0 Å². The second-order valence-electron chi connectivity index (χ2n) is 2.49. The van der Waals surface area contributed by atoms with E-state index in [0.717, 1.165) is 0 Å². The van der Waals surface area contributed by atoms with Crippen LogP contribution in [-0.2, 0) is 9.53 Å². The highest BCUT2D eigenvalue weighted by atomic mass is 16.6. The Hall–Kier alpha value is -0.490. The highest BCUT2D eigenvalue weighted by Crippen LogP contribution is 2.17. The third kappa shape index (κ3) is 1.75. The van der Waals surface area contributed by atoms with Crippen LogP contribution in [0.5, 0.6) is 0 Å². The Bertz CT molecular complexity index is 136. The maximum absolute atomic E-state index is 10.1. The molecule has 4 atom stereocenters. The molecule has 5 nitrogen and oxygen atoms in total. The molecule has 11 heavy (non-hydrogen) atoms. The van der Waals surface area contributed by atoms with Gasteiger partial charge in [0.25, 0.3) is 0 Å². The average molecular weight is 162 g/mol. The van der Waals surface area contributed by atoms with E-state index in [0.29, 0.717) is 6.29 Å². The van der Waals surface area contributed by atoms with E-state index in [2.05, 4.69) is 4.74 Å². The number of ether oxygens (including phenoxy) is 1. The maximum atomic E-state index is 10.1. The SMILES string of the molecule is O=CC1CC(O)[C@@H](O)C(O)O1. The maximum Gasteiger partial charge on any atom is 0.184 e. The first-order chi connectivity index (χ1) is 5.15. The number of carbonyl (C=O) groups is 1. The Kier molecular flexibility index (Phi) is 2.56. The van der Waals surface area contributed by atoms with Gasteiger partial charge in [-0.1, -0.05) is 0 Å². The minimum atomic E-state index is -1.46. The fourth-order valence-electron chi connectivity index (χ4n) is 0.970. The Morgan fingerprint density at radius 1 is 1.36 bits per heavy atom. The predicted octanol–water partition coefficient (Wildman–Crippen LogP) is -1.99. The molecule has 64 valence electrons. The van der Waals surface area contributed by atoms with Crippen molar-refractivity contribution in [2.24, 2.45) is 0 Å². The van der Waals surface area contributed by atoms with Crippen LogP contribution < -0.4 is 0 Å². The molecule has 0 saturated carbocycles. The van der Waals surface area contributed by atoms with Gasteiger partial charge in [-0.05, 0) is 0 Å². The van der Waals surface area contributed by atoms with Crippen LogP contribution in [0.3, 0.4) is 0 Å². The second-order valence-corrected chi connectivity index (χ2v) is 2.49. The van der Waals surface area contributed by atoms with Crippen LogP contribution >= 0.6 is 0 Å². The van der Waals surface area contributed by atoms with Crippen molar-refractivity contribution < 1.29 is 24.9 Å². The van der Waals surface area contributed by atoms with Crippen molar-refractivity contribution in [2.45, 2.75) is 31.0 Å². The molecule has 1 aliphatic rings. The van der Waals surface area contributed by atoms with E-state index >= 15 is 0 Å². The first-order valence-electron chi connectivity index (χ1n) is 3.30. The fraction of sp³-hybridized carbons (Fsp3) is 0.833. The molecule has 0 bridgehead atoms. The van der Waals surface area contributed by atoms with Gasteiger partial charge in [0.05, 0.1) is 6.10 Å². The molecule has 0 aliphatic carbocycles. The lowest BCUT2D eigenvalue weighted by Crippen LogP contribution is -2.48. The average Bonchev–Trinajstić information content (AvgIpc) is 1.99. The quantitative estimate of drug-likeness (QED) is 0.389. The van der Waals surface area contributed by atoms with Crippen molar-refractivity contribution >= 4 is 6.29 Å². The molecule has 1 rings (SSSR count). The summed E-state index contributed by atoms with van der Waals surface area (Å²) in [6.45, 7) is 0. The van der Waals surface area contributed by atoms with E-state index in [1.807, 2.05) is 0 Å². The third-order valence-electron chi connectivity index (χ3n) is 1.63. The molecule has 0 amide bonds. The summed E-state index contributed by atoms with van der Waals surface area (Å²) in [7, 11) is 0. The highest BCUT2D eigenvalue weighted by molar-refractivity contribution is 5.56. The number of aldehydes is 1. The van der Waals surface area contributed by atoms with Crippen LogP contribution in [0.15, 0.2) is 0 Å². The van der Waals surface area contributed by atoms with E-state index in [1.165, 1.54) is 0 Å². The summed E-state index contributed by atoms with van der Waals surface area (Å²) in [5.41, 5.74) is 0. The van der Waals surface area contributed by atoms with Crippen LogP contribution in [0.1, 0.15) is 6.42 Å². The molecule has 0 radical (unpaired) electrons. The monoisotopic (exact) mass is 162 g/mol. The van der Waals surface area contributed by atoms with Gasteiger partial charge >= 0.3 is 0 Å². The van der Waals surface area contributed by atoms with Crippen molar-refractivity contribution in [1.82, 2.24) is 0 Å². The minimum Gasteiger partial charge on any atom is -0.390 e. The van der Waals surface area contributed by atoms with Gasteiger partial charge in [-0.25, -0.2) is 0 Å². The van der Waals surface area contributed by atoms with E-state index in [-0.39, 0.29) is 6.42 Å². The van der Waals surface area contributed by atoms with E-state index in [4.69, 9.17) is 15.3 Å². The molecular formula is C6H10O5. The number of hydrogen-bond donors (Lipinski definition) is 3. The number of aliphatic hydroxyl groups is 3. The molecule has 0 spiro atoms. The number of aliphatic hydroxyl groups excluding tert-OH is 3. The molecule has 5 heteroatoms. The number of rotatable bonds is 1. The molecule has 1 saturated heterocycles. The molecule has 3 unspecified atom stereocenters. The summed E-state index contributed by atoms with van der Waals surface area (Å²) in [6.07, 6.45) is -4.17. The van der Waals surface area contributed by atoms with Crippen LogP contribution in [-0.4, -0.2) is 46.2 Å². The Labute approximate surface area is 63.2 Å². The van der Waals surface area contributed by atoms with Gasteiger partial charge in [0.2, 0.25) is 0 Å². The third-order valence-corrected chi connectivity index (χ3v) is 1.63. The van der Waals surface area contributed by atoms with Gasteiger partial charge in [0.15, 0.2) is 6.29 Å². The Morgan fingerprint density at radius 2 is 2.00 bits per heavy atom. The van der Waals surface area contributed by atoms with Gasteiger partial charge in [-0.2, -0.15) is 0 Å². The lowest BCUT2D eigenvalue weighted by molar-refractivity contribution is -0.239. The zero-order chi connectivity index (χ0) is 8.43. The van der Waals surface area contributed by atoms with E-state index in [9.17, 15) is 4.79 Å². The minimum absolute atomic E-state index is 0.0295. The van der Waals surface area contributed by atoms with E-state index < -0.39 is 24.6 Å². The van der Waals surface area contributed by atoms with Crippen molar-refractivity contribution in [3.63, 3.8) is 0 Å². The normalized spacial score (nSPS) is 45.4. The summed E-state index contributed by atoms with van der Waals surface area (Å²) in [6, 6.07) is 0. The lowest BCUT2D eigenvalue weighted by Gasteiger charge is -2.31. The molecule has 3 N–H and O–H groups in total. The van der Waals surface area contributed by atoms with Crippen LogP contribution in [0.4, 0.5) is 0 Å². The first kappa shape index (κ1) is 8.61. The van der Waals surface area contributed by atoms with Crippen LogP contribution in [0.25, 0.3) is 0 Å². The van der Waals surface area contributed by atoms with Crippen LogP contribution in [0.2, 0.25) is 0 Å². The van der Waals surface area contributed by atoms with Gasteiger partial charge in [0, 0.05) is 6.42 Å². The predicted molar refractivity (Wildman–Crippen MR) is 33.6 cm³/mol. The van der Waals surface area contributed by atoms with Gasteiger partial charge < -0.3 is 24.9 Å². The standard InChI is InChI=1S/C6H10O5/c7-2-3-1-4(8)5(9)6(10)11-3/h2-6,8-10H,1H2/t3?,4?,5-,6?/m1/s1. The first-order valence-corrected chi connectivity index (χ1v) is 3.30. The molecule has 0 aromatic carbocycles. The zero-order valence-corrected chi connectivity index (χ0v) is 5.75. The van der Waals surface area contributed by atoms with E-state index in [1.54, 1.807) is 0 Å². The molecule has 0 aromatic rings. The van der Waals surface area contributed by atoms with Crippen molar-refractivity contribution in [3.8, 4) is 0 Å². The largest absolute Gasteiger partial charge is 0.390 e. The van der Waals surface area contributed by atoms with Gasteiger partial charge in [-0.15, -0.1) is 0 Å². The summed E-state index contributed by atoms with van der Waals surface area (Å²) in [5, 5.41) is 26.8. The Balaban J connectivity index is 2.54.